The average molecular weight is 309 g/mol. The first-order valence-corrected chi connectivity index (χ1v) is 7.62. The standard InChI is InChI=1S/C18H19N3O2/c1-12-7-9-14(10-8-12)19-18(23)21-20-17(22)16-11-15(16)13-5-3-2-4-6-13/h2-10,15-16H,11H2,1H3,(H,20,22)(H2,19,21,23)/t15-,16-/m0/s1. The van der Waals surface area contributed by atoms with E-state index in [1.54, 1.807) is 0 Å². The van der Waals surface area contributed by atoms with Gasteiger partial charge in [-0.05, 0) is 37.0 Å². The van der Waals surface area contributed by atoms with Crippen molar-refractivity contribution in [2.45, 2.75) is 19.3 Å². The Hall–Kier alpha value is -2.82. The summed E-state index contributed by atoms with van der Waals surface area (Å²) in [5, 5.41) is 2.66. The fourth-order valence-corrected chi connectivity index (χ4v) is 2.56. The van der Waals surface area contributed by atoms with E-state index < -0.39 is 6.03 Å². The van der Waals surface area contributed by atoms with Crippen LogP contribution in [0.1, 0.15) is 23.5 Å². The fraction of sp³-hybridized carbons (Fsp3) is 0.222. The summed E-state index contributed by atoms with van der Waals surface area (Å²) in [6.45, 7) is 1.98. The minimum absolute atomic E-state index is 0.0722. The van der Waals surface area contributed by atoms with Crippen molar-refractivity contribution in [1.29, 1.82) is 0 Å². The molecular weight excluding hydrogens is 290 g/mol. The molecule has 1 fully saturated rings. The topological polar surface area (TPSA) is 70.2 Å². The average Bonchev–Trinajstić information content (AvgIpc) is 3.36. The number of rotatable bonds is 3. The Balaban J connectivity index is 1.44. The maximum Gasteiger partial charge on any atom is 0.337 e. The van der Waals surface area contributed by atoms with Crippen LogP contribution in [-0.4, -0.2) is 11.9 Å². The highest BCUT2D eigenvalue weighted by Gasteiger charge is 2.43. The van der Waals surface area contributed by atoms with Gasteiger partial charge in [0, 0.05) is 11.6 Å². The molecule has 1 aliphatic carbocycles. The number of benzene rings is 2. The molecule has 118 valence electrons. The lowest BCUT2D eigenvalue weighted by molar-refractivity contribution is -0.123. The first kappa shape index (κ1) is 15.1. The summed E-state index contributed by atoms with van der Waals surface area (Å²) in [4.78, 5) is 23.8. The Morgan fingerprint density at radius 2 is 1.65 bits per heavy atom. The first-order valence-electron chi connectivity index (χ1n) is 7.62. The number of carbonyl (C=O) groups excluding carboxylic acids is 2. The Bertz CT molecular complexity index is 698. The van der Waals surface area contributed by atoms with Gasteiger partial charge in [-0.3, -0.25) is 10.2 Å². The lowest BCUT2D eigenvalue weighted by Crippen LogP contribution is -2.44. The zero-order valence-electron chi connectivity index (χ0n) is 12.9. The summed E-state index contributed by atoms with van der Waals surface area (Å²) in [5.74, 6) is 0.0214. The van der Waals surface area contributed by atoms with Crippen LogP contribution in [0.4, 0.5) is 10.5 Å². The zero-order chi connectivity index (χ0) is 16.2. The van der Waals surface area contributed by atoms with Crippen molar-refractivity contribution in [3.8, 4) is 0 Å². The molecule has 0 radical (unpaired) electrons. The van der Waals surface area contributed by atoms with Crippen molar-refractivity contribution in [3.63, 3.8) is 0 Å². The van der Waals surface area contributed by atoms with Gasteiger partial charge in [0.05, 0.1) is 0 Å². The third-order valence-electron chi connectivity index (χ3n) is 3.96. The number of anilines is 1. The molecule has 0 heterocycles. The second-order valence-electron chi connectivity index (χ2n) is 5.79. The molecule has 2 atom stereocenters. The Morgan fingerprint density at radius 3 is 2.35 bits per heavy atom. The first-order chi connectivity index (χ1) is 11.1. The summed E-state index contributed by atoms with van der Waals surface area (Å²) in [5.41, 5.74) is 7.82. The highest BCUT2D eigenvalue weighted by atomic mass is 16.2. The van der Waals surface area contributed by atoms with Gasteiger partial charge < -0.3 is 5.32 Å². The smallest absolute Gasteiger partial charge is 0.307 e. The van der Waals surface area contributed by atoms with Gasteiger partial charge in [0.1, 0.15) is 0 Å². The largest absolute Gasteiger partial charge is 0.337 e. The van der Waals surface area contributed by atoms with E-state index in [0.717, 1.165) is 17.5 Å². The van der Waals surface area contributed by atoms with E-state index in [0.29, 0.717) is 5.69 Å². The van der Waals surface area contributed by atoms with E-state index in [9.17, 15) is 9.59 Å². The van der Waals surface area contributed by atoms with Crippen molar-refractivity contribution >= 4 is 17.6 Å². The molecule has 3 amide bonds. The maximum atomic E-state index is 12.0. The molecule has 5 heteroatoms. The SMILES string of the molecule is Cc1ccc(NC(=O)NNC(=O)[C@H]2C[C@H]2c2ccccc2)cc1. The minimum Gasteiger partial charge on any atom is -0.307 e. The zero-order valence-corrected chi connectivity index (χ0v) is 12.9. The number of aryl methyl sites for hydroxylation is 1. The number of urea groups is 1. The number of hydrogen-bond acceptors (Lipinski definition) is 2. The molecule has 0 aromatic heterocycles. The van der Waals surface area contributed by atoms with Gasteiger partial charge in [-0.25, -0.2) is 10.2 Å². The number of hydrogen-bond donors (Lipinski definition) is 3. The van der Waals surface area contributed by atoms with Gasteiger partial charge in [-0.2, -0.15) is 0 Å². The van der Waals surface area contributed by atoms with Crippen LogP contribution in [0, 0.1) is 12.8 Å². The van der Waals surface area contributed by atoms with E-state index >= 15 is 0 Å². The fourth-order valence-electron chi connectivity index (χ4n) is 2.56. The van der Waals surface area contributed by atoms with Gasteiger partial charge in [-0.15, -0.1) is 0 Å². The monoisotopic (exact) mass is 309 g/mol. The summed E-state index contributed by atoms with van der Waals surface area (Å²) in [7, 11) is 0. The molecule has 0 aliphatic heterocycles. The molecule has 23 heavy (non-hydrogen) atoms. The lowest BCUT2D eigenvalue weighted by Gasteiger charge is -2.09. The van der Waals surface area contributed by atoms with E-state index in [1.165, 1.54) is 0 Å². The molecule has 2 aromatic carbocycles. The molecule has 1 saturated carbocycles. The van der Waals surface area contributed by atoms with Crippen molar-refractivity contribution in [2.24, 2.45) is 5.92 Å². The maximum absolute atomic E-state index is 12.0. The van der Waals surface area contributed by atoms with Gasteiger partial charge >= 0.3 is 6.03 Å². The normalized spacial score (nSPS) is 18.8. The molecule has 1 aliphatic rings. The van der Waals surface area contributed by atoms with Crippen LogP contribution in [0.15, 0.2) is 54.6 Å². The van der Waals surface area contributed by atoms with E-state index in [1.807, 2.05) is 61.5 Å². The summed E-state index contributed by atoms with van der Waals surface area (Å²) >= 11 is 0. The number of nitrogens with one attached hydrogen (secondary N) is 3. The summed E-state index contributed by atoms with van der Waals surface area (Å²) in [6.07, 6.45) is 0.817. The van der Waals surface area contributed by atoms with Gasteiger partial charge in [0.15, 0.2) is 0 Å². The van der Waals surface area contributed by atoms with E-state index in [-0.39, 0.29) is 17.7 Å². The molecule has 0 unspecified atom stereocenters. The third kappa shape index (κ3) is 3.88. The third-order valence-corrected chi connectivity index (χ3v) is 3.96. The molecule has 2 aromatic rings. The predicted octanol–water partition coefficient (Wildman–Crippen LogP) is 2.95. The summed E-state index contributed by atoms with van der Waals surface area (Å²) < 4.78 is 0. The Morgan fingerprint density at radius 1 is 0.957 bits per heavy atom. The minimum atomic E-state index is -0.459. The molecule has 0 bridgehead atoms. The number of hydrazine groups is 1. The van der Waals surface area contributed by atoms with Gasteiger partial charge in [-0.1, -0.05) is 48.0 Å². The molecule has 5 nitrogen and oxygen atoms in total. The highest BCUT2D eigenvalue weighted by molar-refractivity contribution is 5.91. The van der Waals surface area contributed by atoms with Crippen LogP contribution in [0.5, 0.6) is 0 Å². The predicted molar refractivity (Wildman–Crippen MR) is 88.8 cm³/mol. The number of amides is 3. The lowest BCUT2D eigenvalue weighted by atomic mass is 10.1. The Labute approximate surface area is 135 Å². The molecule has 0 saturated heterocycles. The quantitative estimate of drug-likeness (QED) is 0.763. The summed E-state index contributed by atoms with van der Waals surface area (Å²) in [6, 6.07) is 16.9. The van der Waals surface area contributed by atoms with Crippen LogP contribution in [0.3, 0.4) is 0 Å². The van der Waals surface area contributed by atoms with Crippen LogP contribution in [0.2, 0.25) is 0 Å². The van der Waals surface area contributed by atoms with Crippen molar-refractivity contribution in [2.75, 3.05) is 5.32 Å². The Kier molecular flexibility index (Phi) is 4.28. The van der Waals surface area contributed by atoms with Crippen molar-refractivity contribution in [1.82, 2.24) is 10.9 Å². The molecular formula is C18H19N3O2. The highest BCUT2D eigenvalue weighted by Crippen LogP contribution is 2.47. The van der Waals surface area contributed by atoms with Gasteiger partial charge in [0.2, 0.25) is 5.91 Å². The second-order valence-corrected chi connectivity index (χ2v) is 5.79. The molecule has 3 N–H and O–H groups in total. The van der Waals surface area contributed by atoms with Crippen molar-refractivity contribution in [3.05, 3.63) is 65.7 Å². The van der Waals surface area contributed by atoms with Crippen LogP contribution in [-0.2, 0) is 4.79 Å². The van der Waals surface area contributed by atoms with Crippen LogP contribution >= 0.6 is 0 Å². The van der Waals surface area contributed by atoms with E-state index in [2.05, 4.69) is 16.2 Å². The molecule has 0 spiro atoms. The van der Waals surface area contributed by atoms with Gasteiger partial charge in [0.25, 0.3) is 0 Å². The second kappa shape index (κ2) is 6.52. The van der Waals surface area contributed by atoms with Crippen molar-refractivity contribution < 1.29 is 9.59 Å². The van der Waals surface area contributed by atoms with Crippen LogP contribution < -0.4 is 16.2 Å². The van der Waals surface area contributed by atoms with E-state index in [4.69, 9.17) is 0 Å². The molecule has 3 rings (SSSR count). The number of carbonyl (C=O) groups is 2. The van der Waals surface area contributed by atoms with Crippen LogP contribution in [0.25, 0.3) is 0 Å².